The molecule has 0 unspecified atom stereocenters. The van der Waals surface area contributed by atoms with Crippen molar-refractivity contribution in [1.82, 2.24) is 15.0 Å². The third-order valence-electron chi connectivity index (χ3n) is 1.85. The van der Waals surface area contributed by atoms with Crippen LogP contribution in [0.5, 0.6) is 0 Å². The second-order valence-corrected chi connectivity index (χ2v) is 5.27. The maximum absolute atomic E-state index is 4.10. The lowest BCUT2D eigenvalue weighted by atomic mass is 9.92. The number of hydrogen-bond acceptors (Lipinski definition) is 2. The molecule has 0 radical (unpaired) electrons. The summed E-state index contributed by atoms with van der Waals surface area (Å²) in [6, 6.07) is 0.355. The summed E-state index contributed by atoms with van der Waals surface area (Å²) in [5, 5.41) is 8.14. The molecular weight excluding hydrogens is 230 g/mol. The molecule has 0 spiro atoms. The fourth-order valence-electron chi connectivity index (χ4n) is 1.29. The summed E-state index contributed by atoms with van der Waals surface area (Å²) >= 11 is 3.43. The number of hydrogen-bond donors (Lipinski definition) is 0. The SMILES string of the molecule is CC(C)n1nnc(Br)c1C(C)(C)C. The molecule has 1 heterocycles. The van der Waals surface area contributed by atoms with Crippen LogP contribution in [0.3, 0.4) is 0 Å². The van der Waals surface area contributed by atoms with Gasteiger partial charge in [0.1, 0.15) is 0 Å². The molecule has 0 amide bonds. The number of rotatable bonds is 1. The molecule has 0 atom stereocenters. The van der Waals surface area contributed by atoms with E-state index in [1.54, 1.807) is 0 Å². The van der Waals surface area contributed by atoms with Crippen LogP contribution in [-0.4, -0.2) is 15.0 Å². The average molecular weight is 246 g/mol. The molecule has 0 bridgehead atoms. The van der Waals surface area contributed by atoms with E-state index in [0.29, 0.717) is 6.04 Å². The van der Waals surface area contributed by atoms with Crippen LogP contribution in [-0.2, 0) is 5.41 Å². The molecule has 0 saturated heterocycles. The predicted octanol–water partition coefficient (Wildman–Crippen LogP) is 2.92. The molecule has 1 aromatic heterocycles. The summed E-state index contributed by atoms with van der Waals surface area (Å²) in [4.78, 5) is 0. The topological polar surface area (TPSA) is 30.7 Å². The third-order valence-corrected chi connectivity index (χ3v) is 2.39. The van der Waals surface area contributed by atoms with Crippen molar-refractivity contribution in [3.05, 3.63) is 10.3 Å². The highest BCUT2D eigenvalue weighted by Gasteiger charge is 2.24. The highest BCUT2D eigenvalue weighted by molar-refractivity contribution is 9.10. The molecule has 0 fully saturated rings. The average Bonchev–Trinajstić information content (AvgIpc) is 2.28. The van der Waals surface area contributed by atoms with Gasteiger partial charge in [0, 0.05) is 11.5 Å². The highest BCUT2D eigenvalue weighted by Crippen LogP contribution is 2.29. The van der Waals surface area contributed by atoms with E-state index in [9.17, 15) is 0 Å². The van der Waals surface area contributed by atoms with Crippen molar-refractivity contribution >= 4 is 15.9 Å². The van der Waals surface area contributed by atoms with Crippen LogP contribution in [0.25, 0.3) is 0 Å². The van der Waals surface area contributed by atoms with Gasteiger partial charge in [-0.15, -0.1) is 5.10 Å². The van der Waals surface area contributed by atoms with Gasteiger partial charge in [0.2, 0.25) is 0 Å². The molecule has 0 aliphatic rings. The van der Waals surface area contributed by atoms with Crippen molar-refractivity contribution in [3.63, 3.8) is 0 Å². The van der Waals surface area contributed by atoms with Crippen LogP contribution in [0.4, 0.5) is 0 Å². The summed E-state index contributed by atoms with van der Waals surface area (Å²) in [6.07, 6.45) is 0. The monoisotopic (exact) mass is 245 g/mol. The molecule has 3 nitrogen and oxygen atoms in total. The molecule has 4 heteroatoms. The Morgan fingerprint density at radius 3 is 2.15 bits per heavy atom. The van der Waals surface area contributed by atoms with E-state index in [4.69, 9.17) is 0 Å². The second kappa shape index (κ2) is 3.40. The van der Waals surface area contributed by atoms with Crippen LogP contribution in [0, 0.1) is 0 Å². The van der Waals surface area contributed by atoms with Crippen LogP contribution in [0.2, 0.25) is 0 Å². The lowest BCUT2D eigenvalue weighted by Crippen LogP contribution is -2.20. The van der Waals surface area contributed by atoms with Crippen LogP contribution in [0.15, 0.2) is 4.60 Å². The van der Waals surface area contributed by atoms with E-state index in [-0.39, 0.29) is 5.41 Å². The first-order chi connectivity index (χ1) is 5.84. The Hall–Kier alpha value is -0.380. The second-order valence-electron chi connectivity index (χ2n) is 4.52. The first-order valence-electron chi connectivity index (χ1n) is 4.45. The van der Waals surface area contributed by atoms with Crippen molar-refractivity contribution < 1.29 is 0 Å². The summed E-state index contributed by atoms with van der Waals surface area (Å²) < 4.78 is 2.82. The van der Waals surface area contributed by atoms with Crippen molar-refractivity contribution in [2.24, 2.45) is 0 Å². The maximum atomic E-state index is 4.10. The summed E-state index contributed by atoms with van der Waals surface area (Å²) in [6.45, 7) is 10.7. The van der Waals surface area contributed by atoms with Gasteiger partial charge in [-0.1, -0.05) is 26.0 Å². The minimum atomic E-state index is 0.0760. The van der Waals surface area contributed by atoms with Crippen molar-refractivity contribution in [1.29, 1.82) is 0 Å². The largest absolute Gasteiger partial charge is 0.245 e. The molecule has 1 aromatic rings. The molecular formula is C9H16BrN3. The van der Waals surface area contributed by atoms with E-state index in [1.165, 1.54) is 0 Å². The summed E-state index contributed by atoms with van der Waals surface area (Å²) in [7, 11) is 0. The first kappa shape index (κ1) is 10.7. The molecule has 0 aliphatic carbocycles. The Kier molecular flexibility index (Phi) is 2.80. The minimum absolute atomic E-state index is 0.0760. The quantitative estimate of drug-likeness (QED) is 0.762. The molecule has 13 heavy (non-hydrogen) atoms. The van der Waals surface area contributed by atoms with Crippen LogP contribution < -0.4 is 0 Å². The van der Waals surface area contributed by atoms with E-state index < -0.39 is 0 Å². The molecule has 1 rings (SSSR count). The molecule has 0 aromatic carbocycles. The standard InChI is InChI=1S/C9H16BrN3/c1-6(2)13-7(9(3,4)5)8(10)11-12-13/h6H,1-5H3. The molecule has 0 aliphatic heterocycles. The Morgan fingerprint density at radius 2 is 1.85 bits per heavy atom. The third kappa shape index (κ3) is 2.10. The first-order valence-corrected chi connectivity index (χ1v) is 5.24. The van der Waals surface area contributed by atoms with Crippen molar-refractivity contribution in [3.8, 4) is 0 Å². The Morgan fingerprint density at radius 1 is 1.31 bits per heavy atom. The van der Waals surface area contributed by atoms with Crippen LogP contribution >= 0.6 is 15.9 Å². The van der Waals surface area contributed by atoms with E-state index >= 15 is 0 Å². The van der Waals surface area contributed by atoms with Crippen molar-refractivity contribution in [2.45, 2.75) is 46.1 Å². The van der Waals surface area contributed by atoms with Crippen LogP contribution in [0.1, 0.15) is 46.4 Å². The highest BCUT2D eigenvalue weighted by atomic mass is 79.9. The zero-order valence-electron chi connectivity index (χ0n) is 8.80. The summed E-state index contributed by atoms with van der Waals surface area (Å²) in [5.41, 5.74) is 1.23. The van der Waals surface area contributed by atoms with Gasteiger partial charge in [-0.3, -0.25) is 0 Å². The Bertz CT molecular complexity index is 296. The summed E-state index contributed by atoms with van der Waals surface area (Å²) in [5.74, 6) is 0. The number of halogens is 1. The lowest BCUT2D eigenvalue weighted by Gasteiger charge is -2.21. The zero-order valence-corrected chi connectivity index (χ0v) is 10.4. The van der Waals surface area contributed by atoms with Gasteiger partial charge in [0.25, 0.3) is 0 Å². The van der Waals surface area contributed by atoms with Crippen molar-refractivity contribution in [2.75, 3.05) is 0 Å². The smallest absolute Gasteiger partial charge is 0.152 e. The van der Waals surface area contributed by atoms with E-state index in [1.807, 2.05) is 4.68 Å². The fourth-order valence-corrected chi connectivity index (χ4v) is 2.14. The molecule has 0 N–H and O–H groups in total. The van der Waals surface area contributed by atoms with Gasteiger partial charge in [0.15, 0.2) is 4.60 Å². The van der Waals surface area contributed by atoms with Gasteiger partial charge >= 0.3 is 0 Å². The maximum Gasteiger partial charge on any atom is 0.152 e. The zero-order chi connectivity index (χ0) is 10.2. The fraction of sp³-hybridized carbons (Fsp3) is 0.778. The van der Waals surface area contributed by atoms with Gasteiger partial charge in [0.05, 0.1) is 5.69 Å². The molecule has 0 saturated carbocycles. The number of nitrogens with zero attached hydrogens (tertiary/aromatic N) is 3. The van der Waals surface area contributed by atoms with Gasteiger partial charge in [-0.2, -0.15) is 0 Å². The normalized spacial score (nSPS) is 12.5. The predicted molar refractivity (Wildman–Crippen MR) is 56.8 cm³/mol. The van der Waals surface area contributed by atoms with Gasteiger partial charge in [-0.25, -0.2) is 4.68 Å². The van der Waals surface area contributed by atoms with E-state index in [0.717, 1.165) is 10.3 Å². The van der Waals surface area contributed by atoms with Gasteiger partial charge < -0.3 is 0 Å². The Balaban J connectivity index is 3.25. The Labute approximate surface area is 87.6 Å². The number of aromatic nitrogens is 3. The molecule has 74 valence electrons. The van der Waals surface area contributed by atoms with Gasteiger partial charge in [-0.05, 0) is 29.8 Å². The van der Waals surface area contributed by atoms with E-state index in [2.05, 4.69) is 60.9 Å². The lowest BCUT2D eigenvalue weighted by molar-refractivity contribution is 0.439. The minimum Gasteiger partial charge on any atom is -0.245 e.